The maximum atomic E-state index is 9.70. The molecular formula is C6H12NaO3P. The van der Waals surface area contributed by atoms with Gasteiger partial charge in [0.15, 0.2) is 0 Å². The molecule has 0 aliphatic heterocycles. The predicted octanol–water partition coefficient (Wildman–Crippen LogP) is -1.35. The van der Waals surface area contributed by atoms with Crippen LogP contribution >= 0.6 is 8.69 Å². The van der Waals surface area contributed by atoms with Crippen LogP contribution in [-0.2, 0) is 9.09 Å². The topological polar surface area (TPSA) is 46.5 Å². The molecule has 0 saturated heterocycles. The van der Waals surface area contributed by atoms with Crippen LogP contribution in [0.15, 0.2) is 12.2 Å². The van der Waals surface area contributed by atoms with Gasteiger partial charge < -0.3 is 6.53 Å². The standard InChI is InChI=1S/C6H11O3P.Na.H/c1-6(7)4-2-3-5-9-10-8;;/h2,4,6-7H,3,5H2,1H3;;/q;+1;-1. The monoisotopic (exact) mass is 186 g/mol. The molecule has 0 saturated carbocycles. The van der Waals surface area contributed by atoms with E-state index in [1.807, 2.05) is 0 Å². The molecule has 0 bridgehead atoms. The molecule has 1 N–H and O–H groups in total. The molecule has 0 fully saturated rings. The van der Waals surface area contributed by atoms with Gasteiger partial charge in [-0.25, -0.2) is 4.57 Å². The zero-order chi connectivity index (χ0) is 7.82. The van der Waals surface area contributed by atoms with Gasteiger partial charge in [-0.05, 0) is 13.3 Å². The Morgan fingerprint density at radius 3 is 2.91 bits per heavy atom. The molecule has 0 amide bonds. The Labute approximate surface area is 91.9 Å². The third kappa shape index (κ3) is 13.7. The Morgan fingerprint density at radius 1 is 1.82 bits per heavy atom. The number of rotatable bonds is 5. The fourth-order valence-corrected chi connectivity index (χ4v) is 0.631. The van der Waals surface area contributed by atoms with Crippen LogP contribution in [0.2, 0.25) is 0 Å². The van der Waals surface area contributed by atoms with Gasteiger partial charge in [-0.2, -0.15) is 0 Å². The Bertz CT molecular complexity index is 121. The summed E-state index contributed by atoms with van der Waals surface area (Å²) in [6.07, 6.45) is 3.71. The van der Waals surface area contributed by atoms with Gasteiger partial charge in [0.1, 0.15) is 0 Å². The van der Waals surface area contributed by atoms with E-state index in [1.165, 1.54) is 0 Å². The Hall–Kier alpha value is 0.760. The van der Waals surface area contributed by atoms with Crippen molar-refractivity contribution in [3.63, 3.8) is 0 Å². The summed E-state index contributed by atoms with van der Waals surface area (Å²) in [5, 5.41) is 8.72. The summed E-state index contributed by atoms with van der Waals surface area (Å²) >= 11 is 0. The Morgan fingerprint density at radius 2 is 2.45 bits per heavy atom. The van der Waals surface area contributed by atoms with Gasteiger partial charge in [0.2, 0.25) is 0 Å². The van der Waals surface area contributed by atoms with Crippen molar-refractivity contribution in [2.75, 3.05) is 6.61 Å². The molecule has 3 nitrogen and oxygen atoms in total. The molecular weight excluding hydrogens is 174 g/mol. The quantitative estimate of drug-likeness (QED) is 0.250. The summed E-state index contributed by atoms with van der Waals surface area (Å²) in [6.45, 7) is 2.09. The zero-order valence-electron chi connectivity index (χ0n) is 7.86. The van der Waals surface area contributed by atoms with E-state index < -0.39 is 6.10 Å². The van der Waals surface area contributed by atoms with E-state index in [1.54, 1.807) is 19.1 Å². The predicted molar refractivity (Wildman–Crippen MR) is 40.1 cm³/mol. The second kappa shape index (κ2) is 10.8. The molecule has 0 aromatic rings. The third-order valence-electron chi connectivity index (χ3n) is 0.843. The van der Waals surface area contributed by atoms with Crippen LogP contribution in [0, 0.1) is 0 Å². The number of hydrogen-bond donors (Lipinski definition) is 1. The van der Waals surface area contributed by atoms with Crippen LogP contribution in [0.3, 0.4) is 0 Å². The zero-order valence-corrected chi connectivity index (χ0v) is 9.75. The first-order chi connectivity index (χ1) is 4.77. The van der Waals surface area contributed by atoms with Crippen molar-refractivity contribution in [2.24, 2.45) is 0 Å². The van der Waals surface area contributed by atoms with E-state index in [0.717, 1.165) is 0 Å². The SMILES string of the molecule is CC(O)C=CCCOP=O.[H-].[Na+]. The summed E-state index contributed by atoms with van der Waals surface area (Å²) in [4.78, 5) is 0. The van der Waals surface area contributed by atoms with Crippen LogP contribution in [-0.4, -0.2) is 17.8 Å². The first-order valence-electron chi connectivity index (χ1n) is 3.06. The van der Waals surface area contributed by atoms with Gasteiger partial charge in [0, 0.05) is 0 Å². The van der Waals surface area contributed by atoms with Crippen molar-refractivity contribution < 1.29 is 45.2 Å². The molecule has 0 radical (unpaired) electrons. The average molecular weight is 186 g/mol. The molecule has 0 aromatic carbocycles. The van der Waals surface area contributed by atoms with Gasteiger partial charge in [0.05, 0.1) is 12.7 Å². The molecule has 0 aromatic heterocycles. The number of aliphatic hydroxyl groups excluding tert-OH is 1. The largest absolute Gasteiger partial charge is 1.00 e. The minimum Gasteiger partial charge on any atom is -1.00 e. The first-order valence-corrected chi connectivity index (χ1v) is 3.79. The second-order valence-corrected chi connectivity index (χ2v) is 2.27. The van der Waals surface area contributed by atoms with E-state index in [-0.39, 0.29) is 39.7 Å². The first kappa shape index (κ1) is 14.3. The van der Waals surface area contributed by atoms with Crippen molar-refractivity contribution in [3.05, 3.63) is 12.2 Å². The minimum atomic E-state index is -0.412. The molecule has 5 heteroatoms. The van der Waals surface area contributed by atoms with Gasteiger partial charge >= 0.3 is 38.2 Å². The summed E-state index contributed by atoms with van der Waals surface area (Å²) in [7, 11) is -0.284. The molecule has 0 aliphatic carbocycles. The van der Waals surface area contributed by atoms with E-state index in [4.69, 9.17) is 5.11 Å². The summed E-state index contributed by atoms with van der Waals surface area (Å²) in [6, 6.07) is 0. The maximum Gasteiger partial charge on any atom is 1.00 e. The van der Waals surface area contributed by atoms with E-state index in [0.29, 0.717) is 13.0 Å². The number of aliphatic hydroxyl groups is 1. The Balaban J connectivity index is -0.000000405. The molecule has 1 unspecified atom stereocenters. The van der Waals surface area contributed by atoms with E-state index >= 15 is 0 Å². The smallest absolute Gasteiger partial charge is 1.00 e. The second-order valence-electron chi connectivity index (χ2n) is 1.87. The Kier molecular flexibility index (Phi) is 14.0. The number of hydrogen-bond acceptors (Lipinski definition) is 3. The van der Waals surface area contributed by atoms with Crippen LogP contribution < -0.4 is 29.6 Å². The molecule has 60 valence electrons. The van der Waals surface area contributed by atoms with Crippen molar-refractivity contribution >= 4 is 8.69 Å². The molecule has 1 atom stereocenters. The van der Waals surface area contributed by atoms with E-state index in [2.05, 4.69) is 4.52 Å². The van der Waals surface area contributed by atoms with Crippen molar-refractivity contribution in [2.45, 2.75) is 19.4 Å². The van der Waals surface area contributed by atoms with Crippen LogP contribution in [0.4, 0.5) is 0 Å². The summed E-state index contributed by atoms with van der Waals surface area (Å²) in [5.74, 6) is 0. The summed E-state index contributed by atoms with van der Waals surface area (Å²) < 4.78 is 14.2. The molecule has 0 spiro atoms. The third-order valence-corrected chi connectivity index (χ3v) is 1.13. The van der Waals surface area contributed by atoms with E-state index in [9.17, 15) is 4.57 Å². The van der Waals surface area contributed by atoms with Crippen LogP contribution in [0.1, 0.15) is 14.8 Å². The molecule has 0 rings (SSSR count). The van der Waals surface area contributed by atoms with Crippen molar-refractivity contribution in [1.82, 2.24) is 0 Å². The molecule has 0 aliphatic rings. The molecule has 11 heavy (non-hydrogen) atoms. The van der Waals surface area contributed by atoms with Crippen molar-refractivity contribution in [1.29, 1.82) is 0 Å². The van der Waals surface area contributed by atoms with Gasteiger partial charge in [-0.15, -0.1) is 0 Å². The maximum absolute atomic E-state index is 9.70. The molecule has 0 heterocycles. The van der Waals surface area contributed by atoms with Crippen LogP contribution in [0.25, 0.3) is 0 Å². The fourth-order valence-electron chi connectivity index (χ4n) is 0.451. The van der Waals surface area contributed by atoms with Gasteiger partial charge in [0.25, 0.3) is 0 Å². The minimum absolute atomic E-state index is 0. The van der Waals surface area contributed by atoms with Crippen molar-refractivity contribution in [3.8, 4) is 0 Å². The summed E-state index contributed by atoms with van der Waals surface area (Å²) in [5.41, 5.74) is 0. The fraction of sp³-hybridized carbons (Fsp3) is 0.667. The van der Waals surface area contributed by atoms with Gasteiger partial charge in [-0.1, -0.05) is 12.2 Å². The average Bonchev–Trinajstić information content (AvgIpc) is 1.87. The van der Waals surface area contributed by atoms with Crippen LogP contribution in [0.5, 0.6) is 0 Å². The normalized spacial score (nSPS) is 13.3. The van der Waals surface area contributed by atoms with Gasteiger partial charge in [-0.3, -0.25) is 4.52 Å².